The van der Waals surface area contributed by atoms with Crippen LogP contribution in [0.3, 0.4) is 0 Å². The van der Waals surface area contributed by atoms with E-state index in [1.54, 1.807) is 47.3 Å². The molecule has 13 heteroatoms. The van der Waals surface area contributed by atoms with Gasteiger partial charge in [0.05, 0.1) is 46.9 Å². The minimum absolute atomic E-state index is 0.0350. The van der Waals surface area contributed by atoms with Crippen LogP contribution in [0.5, 0.6) is 5.75 Å². The van der Waals surface area contributed by atoms with E-state index in [0.717, 1.165) is 44.9 Å². The van der Waals surface area contributed by atoms with Crippen molar-refractivity contribution in [3.63, 3.8) is 0 Å². The van der Waals surface area contributed by atoms with Gasteiger partial charge in [-0.3, -0.25) is 28.8 Å². The minimum atomic E-state index is -1.25. The first-order chi connectivity index (χ1) is 27.4. The van der Waals surface area contributed by atoms with Gasteiger partial charge in [-0.15, -0.1) is 11.3 Å². The van der Waals surface area contributed by atoms with Crippen LogP contribution in [0.4, 0.5) is 17.2 Å². The highest BCUT2D eigenvalue weighted by molar-refractivity contribution is 7.22. The van der Waals surface area contributed by atoms with Gasteiger partial charge in [0.2, 0.25) is 23.6 Å². The number of imide groups is 2. The number of amides is 4. The molecule has 11 nitrogen and oxygen atoms in total. The fraction of sp³-hybridized carbons (Fsp3) is 0.341. The zero-order chi connectivity index (χ0) is 39.5. The van der Waals surface area contributed by atoms with E-state index in [2.05, 4.69) is 4.90 Å². The van der Waals surface area contributed by atoms with Gasteiger partial charge in [0.25, 0.3) is 0 Å². The molecule has 1 saturated carbocycles. The first-order valence-electron chi connectivity index (χ1n) is 19.4. The summed E-state index contributed by atoms with van der Waals surface area (Å²) >= 11 is 7.90. The molecule has 5 aliphatic rings. The number of allylic oxidation sites excluding steroid dienone is 2. The molecule has 3 aliphatic heterocycles. The Balaban J connectivity index is 1.03. The SMILES string of the molecule is Cc1c(-c2cc(N3C(=O)[C@@H]4C[C@@H]5C(=CC[C@@H]6C(=O)N(c7ccc(N8CCOCC8)cc7)C(=O)[C@@H]65)[C@H](c5cccc(O)c5)[C@]4(C)C3=O)n(C)n2)sc2ccc(Cl)cc12. The highest BCUT2D eigenvalue weighted by Gasteiger charge is 2.68. The Bertz CT molecular complexity index is 2570. The minimum Gasteiger partial charge on any atom is -0.508 e. The summed E-state index contributed by atoms with van der Waals surface area (Å²) in [7, 11) is 1.73. The number of thiophene rings is 1. The summed E-state index contributed by atoms with van der Waals surface area (Å²) in [5.41, 5.74) is 3.45. The van der Waals surface area contributed by atoms with Crippen LogP contribution in [-0.4, -0.2) is 64.8 Å². The lowest BCUT2D eigenvalue weighted by Gasteiger charge is -2.49. The van der Waals surface area contributed by atoms with Crippen LogP contribution in [0.2, 0.25) is 5.02 Å². The summed E-state index contributed by atoms with van der Waals surface area (Å²) < 4.78 is 8.13. The standard InChI is InChI=1S/C44H40ClN5O6S/c1-23-31-20-25(45)7-14-35(31)57-39(23)34-22-36(47(3)46-34)50-41(53)33-21-32-29(38(44(33,2)43(50)55)24-5-4-6-28(51)19-24)12-13-30-37(32)42(54)49(40(30)52)27-10-8-26(9-11-27)48-15-17-56-18-16-48/h4-12,14,19-20,22,30,32-33,37-38,51H,13,15-18,21H2,1-3H3/t30-,32+,33-,37-,38-,44+/m0/s1. The maximum absolute atomic E-state index is 15.1. The Morgan fingerprint density at radius 2 is 1.65 bits per heavy atom. The number of carbonyl (C=O) groups is 4. The molecule has 290 valence electrons. The van der Waals surface area contributed by atoms with Crippen molar-refractivity contribution in [1.82, 2.24) is 9.78 Å². The van der Waals surface area contributed by atoms with E-state index in [-0.39, 0.29) is 35.8 Å². The smallest absolute Gasteiger partial charge is 0.242 e. The van der Waals surface area contributed by atoms with Crippen molar-refractivity contribution in [2.45, 2.75) is 32.6 Å². The molecule has 0 unspecified atom stereocenters. The quantitative estimate of drug-likeness (QED) is 0.146. The van der Waals surface area contributed by atoms with Crippen LogP contribution in [-0.2, 0) is 31.0 Å². The molecule has 3 saturated heterocycles. The van der Waals surface area contributed by atoms with Crippen molar-refractivity contribution in [2.75, 3.05) is 41.0 Å². The first kappa shape index (κ1) is 36.1. The second kappa shape index (κ2) is 13.1. The Hall–Kier alpha value is -5.30. The number of phenolic OH excluding ortho intramolecular Hbond substituents is 1. The number of aromatic hydroxyl groups is 1. The second-order valence-corrected chi connectivity index (χ2v) is 17.6. The lowest BCUT2D eigenvalue weighted by molar-refractivity contribution is -0.131. The summed E-state index contributed by atoms with van der Waals surface area (Å²) in [6.45, 7) is 6.68. The fourth-order valence-electron chi connectivity index (χ4n) is 10.4. The topological polar surface area (TPSA) is 125 Å². The van der Waals surface area contributed by atoms with Crippen molar-refractivity contribution >= 4 is 73.8 Å². The van der Waals surface area contributed by atoms with Gasteiger partial charge in [-0.05, 0) is 104 Å². The molecule has 6 atom stereocenters. The molecule has 2 aliphatic carbocycles. The third-order valence-electron chi connectivity index (χ3n) is 13.2. The lowest BCUT2D eigenvalue weighted by atomic mass is 9.51. The Morgan fingerprint density at radius 3 is 2.40 bits per heavy atom. The average molecular weight is 802 g/mol. The summed E-state index contributed by atoms with van der Waals surface area (Å²) in [5, 5.41) is 17.2. The third kappa shape index (κ3) is 5.29. The summed E-state index contributed by atoms with van der Waals surface area (Å²) in [5.74, 6) is -4.10. The monoisotopic (exact) mass is 801 g/mol. The van der Waals surface area contributed by atoms with E-state index in [0.29, 0.717) is 47.4 Å². The van der Waals surface area contributed by atoms with E-state index in [4.69, 9.17) is 21.4 Å². The predicted molar refractivity (Wildman–Crippen MR) is 218 cm³/mol. The molecule has 2 aromatic heterocycles. The van der Waals surface area contributed by atoms with Crippen molar-refractivity contribution in [1.29, 1.82) is 0 Å². The number of aromatic nitrogens is 2. The summed E-state index contributed by atoms with van der Waals surface area (Å²) in [4.78, 5) is 64.5. The van der Waals surface area contributed by atoms with Crippen LogP contribution < -0.4 is 14.7 Å². The first-order valence-corrected chi connectivity index (χ1v) is 20.6. The van der Waals surface area contributed by atoms with Gasteiger partial charge >= 0.3 is 0 Å². The number of nitrogens with zero attached hydrogens (tertiary/aromatic N) is 5. The summed E-state index contributed by atoms with van der Waals surface area (Å²) in [6, 6.07) is 21.9. The van der Waals surface area contributed by atoms with Gasteiger partial charge in [0, 0.05) is 47.5 Å². The molecule has 0 bridgehead atoms. The van der Waals surface area contributed by atoms with Crippen molar-refractivity contribution < 1.29 is 29.0 Å². The van der Waals surface area contributed by atoms with Crippen molar-refractivity contribution in [2.24, 2.45) is 36.1 Å². The molecule has 4 amide bonds. The largest absolute Gasteiger partial charge is 0.508 e. The summed E-state index contributed by atoms with van der Waals surface area (Å²) in [6.07, 6.45) is 2.58. The molecule has 0 radical (unpaired) electrons. The number of anilines is 3. The van der Waals surface area contributed by atoms with Crippen LogP contribution in [0, 0.1) is 36.0 Å². The zero-order valence-corrected chi connectivity index (χ0v) is 33.2. The number of phenols is 1. The number of morpholine rings is 1. The van der Waals surface area contributed by atoms with Gasteiger partial charge in [-0.2, -0.15) is 5.10 Å². The predicted octanol–water partition coefficient (Wildman–Crippen LogP) is 7.24. The number of carbonyl (C=O) groups excluding carboxylic acids is 4. The molecular weight excluding hydrogens is 762 g/mol. The molecule has 0 spiro atoms. The molecule has 57 heavy (non-hydrogen) atoms. The van der Waals surface area contributed by atoms with Gasteiger partial charge in [0.15, 0.2) is 0 Å². The Kier molecular flexibility index (Phi) is 8.30. The van der Waals surface area contributed by atoms with E-state index < -0.39 is 35.0 Å². The number of hydrogen-bond donors (Lipinski definition) is 1. The number of halogens is 1. The number of benzene rings is 3. The molecule has 1 N–H and O–H groups in total. The van der Waals surface area contributed by atoms with Gasteiger partial charge in [-0.1, -0.05) is 35.4 Å². The van der Waals surface area contributed by atoms with Crippen molar-refractivity contribution in [3.8, 4) is 16.3 Å². The normalized spacial score (nSPS) is 27.3. The number of hydrogen-bond acceptors (Lipinski definition) is 9. The van der Waals surface area contributed by atoms with E-state index >= 15 is 4.79 Å². The van der Waals surface area contributed by atoms with Crippen LogP contribution in [0.15, 0.2) is 84.4 Å². The zero-order valence-electron chi connectivity index (χ0n) is 31.6. The average Bonchev–Trinajstić information content (AvgIpc) is 3.88. The maximum atomic E-state index is 15.1. The van der Waals surface area contributed by atoms with Crippen LogP contribution in [0.1, 0.15) is 36.8 Å². The molecule has 3 aromatic carbocycles. The number of ether oxygens (including phenoxy) is 1. The molecule has 10 rings (SSSR count). The molecule has 4 fully saturated rings. The van der Waals surface area contributed by atoms with Crippen LogP contribution >= 0.6 is 22.9 Å². The molecule has 5 aromatic rings. The van der Waals surface area contributed by atoms with Crippen LogP contribution in [0.25, 0.3) is 20.7 Å². The number of rotatable bonds is 5. The number of aryl methyl sites for hydroxylation is 2. The van der Waals surface area contributed by atoms with Crippen molar-refractivity contribution in [3.05, 3.63) is 101 Å². The van der Waals surface area contributed by atoms with E-state index in [1.165, 1.54) is 9.80 Å². The highest BCUT2D eigenvalue weighted by Crippen LogP contribution is 2.64. The lowest BCUT2D eigenvalue weighted by Crippen LogP contribution is -2.48. The second-order valence-electron chi connectivity index (χ2n) is 16.1. The van der Waals surface area contributed by atoms with Gasteiger partial charge in [-0.25, -0.2) is 4.90 Å². The molecular formula is C44H40ClN5O6S. The Morgan fingerprint density at radius 1 is 0.895 bits per heavy atom. The third-order valence-corrected chi connectivity index (χ3v) is 14.7. The van der Waals surface area contributed by atoms with Gasteiger partial charge in [0.1, 0.15) is 17.3 Å². The number of fused-ring (bicyclic) bond motifs is 5. The maximum Gasteiger partial charge on any atom is 0.242 e. The molecule has 5 heterocycles. The highest BCUT2D eigenvalue weighted by atomic mass is 35.5. The van der Waals surface area contributed by atoms with E-state index in [9.17, 15) is 19.5 Å². The Labute approximate surface area is 338 Å². The van der Waals surface area contributed by atoms with Gasteiger partial charge < -0.3 is 14.7 Å². The fourth-order valence-corrected chi connectivity index (χ4v) is 11.7. The van der Waals surface area contributed by atoms with E-state index in [1.807, 2.05) is 68.5 Å².